The third-order valence-electron chi connectivity index (χ3n) is 3.07. The lowest BCUT2D eigenvalue weighted by Gasteiger charge is -2.16. The largest absolute Gasteiger partial charge is 0.380 e. The van der Waals surface area contributed by atoms with Crippen LogP contribution in [0.25, 0.3) is 0 Å². The van der Waals surface area contributed by atoms with E-state index in [1.807, 2.05) is 0 Å². The van der Waals surface area contributed by atoms with Gasteiger partial charge in [-0.25, -0.2) is 0 Å². The number of rotatable bonds is 3. The van der Waals surface area contributed by atoms with E-state index in [1.165, 1.54) is 15.6 Å². The Balaban J connectivity index is 1.99. The predicted octanol–water partition coefficient (Wildman–Crippen LogP) is 2.98. The Morgan fingerprint density at radius 3 is 2.88 bits per heavy atom. The van der Waals surface area contributed by atoms with Crippen LogP contribution in [-0.4, -0.2) is 31.2 Å². The second-order valence-corrected chi connectivity index (χ2v) is 5.43. The Bertz CT molecular complexity index is 347. The van der Waals surface area contributed by atoms with Crippen LogP contribution in [0, 0.1) is 6.92 Å². The van der Waals surface area contributed by atoms with E-state index in [9.17, 15) is 0 Å². The topological polar surface area (TPSA) is 12.5 Å². The Labute approximate surface area is 106 Å². The zero-order valence-electron chi connectivity index (χ0n) is 9.87. The van der Waals surface area contributed by atoms with Crippen molar-refractivity contribution in [2.75, 3.05) is 20.2 Å². The number of ether oxygens (including phenoxy) is 1. The summed E-state index contributed by atoms with van der Waals surface area (Å²) in [4.78, 5) is 2.45. The summed E-state index contributed by atoms with van der Waals surface area (Å²) in [5.41, 5.74) is 2.69. The Morgan fingerprint density at radius 1 is 1.44 bits per heavy atom. The minimum atomic E-state index is 0.424. The number of nitrogens with zero attached hydrogens (tertiary/aromatic N) is 1. The second kappa shape index (κ2) is 5.30. The highest BCUT2D eigenvalue weighted by molar-refractivity contribution is 9.10. The van der Waals surface area contributed by atoms with Crippen LogP contribution in [0.5, 0.6) is 0 Å². The van der Waals surface area contributed by atoms with Crippen molar-refractivity contribution in [1.82, 2.24) is 4.90 Å². The van der Waals surface area contributed by atoms with Gasteiger partial charge in [-0.05, 0) is 36.6 Å². The summed E-state index contributed by atoms with van der Waals surface area (Å²) in [6.07, 6.45) is 1.58. The first-order valence-corrected chi connectivity index (χ1v) is 6.48. The van der Waals surface area contributed by atoms with Gasteiger partial charge >= 0.3 is 0 Å². The molecule has 1 aromatic carbocycles. The number of halogens is 1. The molecule has 3 heteroatoms. The fourth-order valence-corrected chi connectivity index (χ4v) is 2.95. The van der Waals surface area contributed by atoms with E-state index in [1.54, 1.807) is 7.11 Å². The second-order valence-electron chi connectivity index (χ2n) is 4.52. The molecule has 2 nitrogen and oxygen atoms in total. The Kier molecular flexibility index (Phi) is 4.00. The molecule has 0 amide bonds. The average molecular weight is 284 g/mol. The molecule has 16 heavy (non-hydrogen) atoms. The Morgan fingerprint density at radius 2 is 2.25 bits per heavy atom. The summed E-state index contributed by atoms with van der Waals surface area (Å²) in [6, 6.07) is 6.60. The van der Waals surface area contributed by atoms with Crippen LogP contribution in [0.1, 0.15) is 17.5 Å². The van der Waals surface area contributed by atoms with Gasteiger partial charge in [-0.2, -0.15) is 0 Å². The van der Waals surface area contributed by atoms with Crippen LogP contribution in [0.2, 0.25) is 0 Å². The van der Waals surface area contributed by atoms with Crippen molar-refractivity contribution in [3.05, 3.63) is 33.8 Å². The molecule has 0 aromatic heterocycles. The third kappa shape index (κ3) is 3.06. The number of benzene rings is 1. The quantitative estimate of drug-likeness (QED) is 0.846. The zero-order valence-corrected chi connectivity index (χ0v) is 11.5. The molecule has 1 aliphatic heterocycles. The summed E-state index contributed by atoms with van der Waals surface area (Å²) in [5.74, 6) is 0. The summed E-state index contributed by atoms with van der Waals surface area (Å²) < 4.78 is 6.55. The molecule has 1 heterocycles. The number of hydrogen-bond acceptors (Lipinski definition) is 2. The lowest BCUT2D eigenvalue weighted by atomic mass is 10.1. The van der Waals surface area contributed by atoms with Gasteiger partial charge in [-0.15, -0.1) is 0 Å². The first kappa shape index (κ1) is 12.1. The maximum atomic E-state index is 5.38. The molecule has 1 saturated heterocycles. The predicted molar refractivity (Wildman–Crippen MR) is 69.6 cm³/mol. The summed E-state index contributed by atoms with van der Waals surface area (Å²) in [6.45, 7) is 5.36. The van der Waals surface area contributed by atoms with E-state index in [4.69, 9.17) is 4.74 Å². The van der Waals surface area contributed by atoms with E-state index >= 15 is 0 Å². The molecule has 0 saturated carbocycles. The van der Waals surface area contributed by atoms with Crippen LogP contribution in [0.3, 0.4) is 0 Å². The van der Waals surface area contributed by atoms with Crippen molar-refractivity contribution in [2.24, 2.45) is 0 Å². The number of likely N-dealkylation sites (tertiary alicyclic amines) is 1. The first-order valence-electron chi connectivity index (χ1n) is 5.68. The SMILES string of the molecule is CO[C@H]1CCN(Cc2cc(C)cc(Br)c2)C1. The lowest BCUT2D eigenvalue weighted by Crippen LogP contribution is -2.22. The summed E-state index contributed by atoms with van der Waals surface area (Å²) in [5, 5.41) is 0. The van der Waals surface area contributed by atoms with E-state index in [2.05, 4.69) is 46.0 Å². The van der Waals surface area contributed by atoms with Gasteiger partial charge in [0.1, 0.15) is 0 Å². The summed E-state index contributed by atoms with van der Waals surface area (Å²) >= 11 is 3.54. The van der Waals surface area contributed by atoms with Gasteiger partial charge in [-0.1, -0.05) is 22.0 Å². The van der Waals surface area contributed by atoms with Crippen molar-refractivity contribution in [3.8, 4) is 0 Å². The van der Waals surface area contributed by atoms with Gasteiger partial charge in [0.05, 0.1) is 6.10 Å². The fraction of sp³-hybridized carbons (Fsp3) is 0.538. The van der Waals surface area contributed by atoms with Gasteiger partial charge in [0.25, 0.3) is 0 Å². The molecule has 1 aliphatic rings. The van der Waals surface area contributed by atoms with Gasteiger partial charge in [0.15, 0.2) is 0 Å². The molecule has 0 spiro atoms. The molecule has 1 aromatic rings. The average Bonchev–Trinajstić information content (AvgIpc) is 2.64. The maximum Gasteiger partial charge on any atom is 0.0710 e. The van der Waals surface area contributed by atoms with Crippen LogP contribution in [0.15, 0.2) is 22.7 Å². The minimum absolute atomic E-state index is 0.424. The molecule has 0 radical (unpaired) electrons. The van der Waals surface area contributed by atoms with Crippen LogP contribution in [-0.2, 0) is 11.3 Å². The van der Waals surface area contributed by atoms with Crippen LogP contribution in [0.4, 0.5) is 0 Å². The molecule has 0 unspecified atom stereocenters. The number of aryl methyl sites for hydroxylation is 1. The normalized spacial score (nSPS) is 21.6. The van der Waals surface area contributed by atoms with Gasteiger partial charge in [0, 0.05) is 31.2 Å². The minimum Gasteiger partial charge on any atom is -0.380 e. The van der Waals surface area contributed by atoms with Crippen molar-refractivity contribution in [1.29, 1.82) is 0 Å². The molecule has 0 aliphatic carbocycles. The van der Waals surface area contributed by atoms with E-state index in [-0.39, 0.29) is 0 Å². The molecule has 1 fully saturated rings. The van der Waals surface area contributed by atoms with Gasteiger partial charge in [-0.3, -0.25) is 4.90 Å². The molecular weight excluding hydrogens is 266 g/mol. The molecular formula is C13H18BrNO. The molecule has 88 valence electrons. The molecule has 2 rings (SSSR count). The standard InChI is InChI=1S/C13H18BrNO/c1-10-5-11(7-12(14)6-10)8-15-4-3-13(9-15)16-2/h5-7,13H,3-4,8-9H2,1-2H3/t13-/m0/s1. The lowest BCUT2D eigenvalue weighted by molar-refractivity contribution is 0.107. The van der Waals surface area contributed by atoms with Crippen molar-refractivity contribution < 1.29 is 4.74 Å². The number of methoxy groups -OCH3 is 1. The van der Waals surface area contributed by atoms with Crippen LogP contribution < -0.4 is 0 Å². The van der Waals surface area contributed by atoms with Crippen molar-refractivity contribution >= 4 is 15.9 Å². The van der Waals surface area contributed by atoms with E-state index < -0.39 is 0 Å². The Hall–Kier alpha value is -0.380. The zero-order chi connectivity index (χ0) is 11.5. The number of hydrogen-bond donors (Lipinski definition) is 0. The first-order chi connectivity index (χ1) is 7.67. The van der Waals surface area contributed by atoms with Crippen LogP contribution >= 0.6 is 15.9 Å². The molecule has 0 bridgehead atoms. The van der Waals surface area contributed by atoms with E-state index in [0.29, 0.717) is 6.10 Å². The molecule has 0 N–H and O–H groups in total. The highest BCUT2D eigenvalue weighted by Gasteiger charge is 2.21. The molecule has 1 atom stereocenters. The highest BCUT2D eigenvalue weighted by atomic mass is 79.9. The fourth-order valence-electron chi connectivity index (χ4n) is 2.29. The van der Waals surface area contributed by atoms with Gasteiger partial charge < -0.3 is 4.74 Å². The highest BCUT2D eigenvalue weighted by Crippen LogP contribution is 2.19. The smallest absolute Gasteiger partial charge is 0.0710 e. The third-order valence-corrected chi connectivity index (χ3v) is 3.53. The monoisotopic (exact) mass is 283 g/mol. The van der Waals surface area contributed by atoms with Crippen molar-refractivity contribution in [2.45, 2.75) is 26.0 Å². The van der Waals surface area contributed by atoms with Crippen molar-refractivity contribution in [3.63, 3.8) is 0 Å². The maximum absolute atomic E-state index is 5.38. The summed E-state index contributed by atoms with van der Waals surface area (Å²) in [7, 11) is 1.80. The van der Waals surface area contributed by atoms with E-state index in [0.717, 1.165) is 26.1 Å². The van der Waals surface area contributed by atoms with Gasteiger partial charge in [0.2, 0.25) is 0 Å².